The number of methoxy groups -OCH3 is 1. The molecule has 0 saturated carbocycles. The van der Waals surface area contributed by atoms with Gasteiger partial charge in [-0.3, -0.25) is 9.59 Å². The maximum Gasteiger partial charge on any atom is 0.406 e. The summed E-state index contributed by atoms with van der Waals surface area (Å²) in [6.07, 6.45) is -4.80. The quantitative estimate of drug-likeness (QED) is 0.648. The minimum atomic E-state index is -4.52. The van der Waals surface area contributed by atoms with Crippen LogP contribution in [-0.2, 0) is 19.1 Å². The van der Waals surface area contributed by atoms with Crippen molar-refractivity contribution in [1.29, 1.82) is 0 Å². The molecule has 0 aliphatic heterocycles. The van der Waals surface area contributed by atoms with Crippen LogP contribution in [0.2, 0.25) is 0 Å². The number of nitrogens with zero attached hydrogens (tertiary/aromatic N) is 1. The lowest BCUT2D eigenvalue weighted by molar-refractivity contribution is -0.165. The Morgan fingerprint density at radius 3 is 2.33 bits per heavy atom. The summed E-state index contributed by atoms with van der Waals surface area (Å²) in [6.45, 7) is -0.347. The maximum atomic E-state index is 12.2. The summed E-state index contributed by atoms with van der Waals surface area (Å²) < 4.78 is 45.8. The number of hydrogen-bond donors (Lipinski definition) is 0. The fourth-order valence-corrected chi connectivity index (χ4v) is 1.12. The Morgan fingerprint density at radius 1 is 1.28 bits per heavy atom. The molecule has 5 nitrogen and oxygen atoms in total. The molecule has 0 aromatic carbocycles. The Balaban J connectivity index is 4.41. The predicted molar refractivity (Wildman–Crippen MR) is 55.8 cm³/mol. The van der Waals surface area contributed by atoms with E-state index < -0.39 is 31.2 Å². The molecule has 0 bridgehead atoms. The van der Waals surface area contributed by atoms with E-state index in [4.69, 9.17) is 4.74 Å². The normalized spacial score (nSPS) is 11.2. The number of carbonyl (C=O) groups excluding carboxylic acids is 2. The van der Waals surface area contributed by atoms with Crippen LogP contribution in [0.15, 0.2) is 0 Å². The van der Waals surface area contributed by atoms with Crippen molar-refractivity contribution >= 4 is 11.9 Å². The first kappa shape index (κ1) is 16.7. The summed E-state index contributed by atoms with van der Waals surface area (Å²) in [4.78, 5) is 22.8. The molecule has 0 unspecified atom stereocenters. The first-order valence-electron chi connectivity index (χ1n) is 5.29. The lowest BCUT2D eigenvalue weighted by Gasteiger charge is -2.23. The van der Waals surface area contributed by atoms with E-state index in [1.807, 2.05) is 0 Å². The van der Waals surface area contributed by atoms with Crippen LogP contribution in [0.3, 0.4) is 0 Å². The van der Waals surface area contributed by atoms with E-state index in [0.717, 1.165) is 7.11 Å². The number of ether oxygens (including phenoxy) is 2. The first-order valence-corrected chi connectivity index (χ1v) is 5.29. The second-order valence-electron chi connectivity index (χ2n) is 3.39. The number of halogens is 3. The van der Waals surface area contributed by atoms with Gasteiger partial charge in [-0.25, -0.2) is 0 Å². The van der Waals surface area contributed by atoms with Crippen molar-refractivity contribution in [1.82, 2.24) is 4.90 Å². The summed E-state index contributed by atoms with van der Waals surface area (Å²) in [5.74, 6) is -1.48. The van der Waals surface area contributed by atoms with Crippen LogP contribution in [0.25, 0.3) is 0 Å². The van der Waals surface area contributed by atoms with Crippen molar-refractivity contribution in [2.24, 2.45) is 0 Å². The van der Waals surface area contributed by atoms with Gasteiger partial charge in [-0.05, 0) is 6.92 Å². The zero-order valence-corrected chi connectivity index (χ0v) is 10.2. The summed E-state index contributed by atoms with van der Waals surface area (Å²) in [5.41, 5.74) is 0. The third-order valence-electron chi connectivity index (χ3n) is 1.97. The van der Waals surface area contributed by atoms with E-state index in [0.29, 0.717) is 4.90 Å². The smallest absolute Gasteiger partial charge is 0.406 e. The Morgan fingerprint density at radius 2 is 1.89 bits per heavy atom. The Bertz CT molecular complexity index is 281. The molecule has 0 fully saturated rings. The molecule has 0 aliphatic carbocycles. The van der Waals surface area contributed by atoms with Crippen molar-refractivity contribution in [3.05, 3.63) is 0 Å². The van der Waals surface area contributed by atoms with E-state index >= 15 is 0 Å². The molecule has 0 aromatic heterocycles. The van der Waals surface area contributed by atoms with E-state index in [1.54, 1.807) is 6.92 Å². The van der Waals surface area contributed by atoms with Crippen molar-refractivity contribution in [2.45, 2.75) is 19.5 Å². The molecule has 0 N–H and O–H groups in total. The number of carbonyl (C=O) groups is 2. The molecule has 0 spiro atoms. The molecule has 106 valence electrons. The van der Waals surface area contributed by atoms with Crippen molar-refractivity contribution < 1.29 is 32.2 Å². The van der Waals surface area contributed by atoms with E-state index in [-0.39, 0.29) is 19.6 Å². The fraction of sp³-hybridized carbons (Fsp3) is 0.800. The fourth-order valence-electron chi connectivity index (χ4n) is 1.12. The molecule has 0 atom stereocenters. The van der Waals surface area contributed by atoms with Crippen LogP contribution in [0.1, 0.15) is 13.3 Å². The molecular formula is C10H16F3NO4. The molecule has 0 rings (SSSR count). The highest BCUT2D eigenvalue weighted by atomic mass is 19.4. The molecule has 18 heavy (non-hydrogen) atoms. The zero-order chi connectivity index (χ0) is 14.2. The topological polar surface area (TPSA) is 55.8 Å². The average molecular weight is 271 g/mol. The average Bonchev–Trinajstić information content (AvgIpc) is 2.29. The lowest BCUT2D eigenvalue weighted by atomic mass is 10.3. The summed E-state index contributed by atoms with van der Waals surface area (Å²) in [5, 5.41) is 0. The van der Waals surface area contributed by atoms with Crippen LogP contribution in [-0.4, -0.2) is 56.4 Å². The van der Waals surface area contributed by atoms with E-state index in [2.05, 4.69) is 4.74 Å². The summed E-state index contributed by atoms with van der Waals surface area (Å²) >= 11 is 0. The highest BCUT2D eigenvalue weighted by Crippen LogP contribution is 2.16. The van der Waals surface area contributed by atoms with Gasteiger partial charge in [0.25, 0.3) is 0 Å². The van der Waals surface area contributed by atoms with Crippen LogP contribution in [0, 0.1) is 0 Å². The van der Waals surface area contributed by atoms with Gasteiger partial charge in [0, 0.05) is 13.2 Å². The van der Waals surface area contributed by atoms with E-state index in [1.165, 1.54) is 0 Å². The van der Waals surface area contributed by atoms with Gasteiger partial charge in [0.1, 0.15) is 13.2 Å². The molecule has 8 heteroatoms. The van der Waals surface area contributed by atoms with Crippen LogP contribution < -0.4 is 0 Å². The number of amides is 1. The van der Waals surface area contributed by atoms with Gasteiger partial charge in [0.2, 0.25) is 5.91 Å². The minimum absolute atomic E-state index is 0.225. The van der Waals surface area contributed by atoms with Crippen LogP contribution in [0.5, 0.6) is 0 Å². The largest absolute Gasteiger partial charge is 0.469 e. The summed E-state index contributed by atoms with van der Waals surface area (Å²) in [7, 11) is 1.12. The Hall–Kier alpha value is -1.31. The van der Waals surface area contributed by atoms with Gasteiger partial charge >= 0.3 is 12.1 Å². The second-order valence-corrected chi connectivity index (χ2v) is 3.39. The van der Waals surface area contributed by atoms with Gasteiger partial charge in [0.15, 0.2) is 0 Å². The standard InChI is InChI=1S/C10H16F3NO4/c1-3-18-6-8(15)14(7-10(11,12)13)5-4-9(16)17-2/h3-7H2,1-2H3. The number of esters is 1. The van der Waals surface area contributed by atoms with Crippen molar-refractivity contribution in [2.75, 3.05) is 33.4 Å². The minimum Gasteiger partial charge on any atom is -0.469 e. The molecule has 0 saturated heterocycles. The van der Waals surface area contributed by atoms with Gasteiger partial charge in [-0.2, -0.15) is 13.2 Å². The van der Waals surface area contributed by atoms with Crippen molar-refractivity contribution in [3.8, 4) is 0 Å². The molecule has 0 heterocycles. The Labute approximate surface area is 103 Å². The van der Waals surface area contributed by atoms with Gasteiger partial charge < -0.3 is 14.4 Å². The molecule has 0 aromatic rings. The van der Waals surface area contributed by atoms with Gasteiger partial charge in [0.05, 0.1) is 13.5 Å². The number of alkyl halides is 3. The highest BCUT2D eigenvalue weighted by Gasteiger charge is 2.33. The van der Waals surface area contributed by atoms with Crippen molar-refractivity contribution in [3.63, 3.8) is 0 Å². The SMILES string of the molecule is CCOCC(=O)N(CCC(=O)OC)CC(F)(F)F. The second kappa shape index (κ2) is 7.91. The predicted octanol–water partition coefficient (Wildman–Crippen LogP) is 0.977. The highest BCUT2D eigenvalue weighted by molar-refractivity contribution is 5.78. The molecule has 0 radical (unpaired) electrons. The zero-order valence-electron chi connectivity index (χ0n) is 10.2. The Kier molecular flexibility index (Phi) is 7.33. The molecule has 0 aliphatic rings. The number of hydrogen-bond acceptors (Lipinski definition) is 4. The van der Waals surface area contributed by atoms with Gasteiger partial charge in [-0.1, -0.05) is 0 Å². The molecule has 1 amide bonds. The molecular weight excluding hydrogens is 255 g/mol. The third kappa shape index (κ3) is 7.88. The monoisotopic (exact) mass is 271 g/mol. The lowest BCUT2D eigenvalue weighted by Crippen LogP contribution is -2.42. The van der Waals surface area contributed by atoms with Crippen LogP contribution >= 0.6 is 0 Å². The maximum absolute atomic E-state index is 12.2. The summed E-state index contributed by atoms with van der Waals surface area (Å²) in [6, 6.07) is 0. The third-order valence-corrected chi connectivity index (χ3v) is 1.97. The van der Waals surface area contributed by atoms with E-state index in [9.17, 15) is 22.8 Å². The first-order chi connectivity index (χ1) is 8.30. The van der Waals surface area contributed by atoms with Gasteiger partial charge in [-0.15, -0.1) is 0 Å². The van der Waals surface area contributed by atoms with Crippen LogP contribution in [0.4, 0.5) is 13.2 Å². The number of rotatable bonds is 7.